The predicted molar refractivity (Wildman–Crippen MR) is 93.0 cm³/mol. The highest BCUT2D eigenvalue weighted by molar-refractivity contribution is 8.23. The Morgan fingerprint density at radius 3 is 2.45 bits per heavy atom. The van der Waals surface area contributed by atoms with Crippen molar-refractivity contribution >= 4 is 45.8 Å². The van der Waals surface area contributed by atoms with Crippen LogP contribution in [0.5, 0.6) is 0 Å². The highest BCUT2D eigenvalue weighted by atomic mass is 32.2. The standard InChI is InChI=1S/C16H18N2O2S2/c19-14-11-13(22-16(21)17-9-5-2-6-10-17)15(20)18(14)12-7-3-1-4-8-12/h1,3-4,7-8,13H,2,5-6,9-11H2. The van der Waals surface area contributed by atoms with E-state index in [0.717, 1.165) is 30.3 Å². The summed E-state index contributed by atoms with van der Waals surface area (Å²) in [4.78, 5) is 28.2. The zero-order valence-corrected chi connectivity index (χ0v) is 13.9. The second-order valence-electron chi connectivity index (χ2n) is 5.53. The Balaban J connectivity index is 1.67. The first-order valence-electron chi connectivity index (χ1n) is 7.54. The van der Waals surface area contributed by atoms with E-state index in [4.69, 9.17) is 12.2 Å². The average Bonchev–Trinajstić information content (AvgIpc) is 2.83. The number of thiocarbonyl (C=S) groups is 1. The summed E-state index contributed by atoms with van der Waals surface area (Å²) in [6.45, 7) is 1.92. The van der Waals surface area contributed by atoms with E-state index in [-0.39, 0.29) is 23.5 Å². The fourth-order valence-corrected chi connectivity index (χ4v) is 4.36. The van der Waals surface area contributed by atoms with Crippen molar-refractivity contribution < 1.29 is 9.59 Å². The van der Waals surface area contributed by atoms with Gasteiger partial charge in [0.15, 0.2) is 0 Å². The molecular formula is C16H18N2O2S2. The van der Waals surface area contributed by atoms with E-state index in [0.29, 0.717) is 5.69 Å². The van der Waals surface area contributed by atoms with Crippen LogP contribution in [0.2, 0.25) is 0 Å². The zero-order chi connectivity index (χ0) is 15.5. The minimum absolute atomic E-state index is 0.143. The molecule has 22 heavy (non-hydrogen) atoms. The molecule has 0 spiro atoms. The Morgan fingerprint density at radius 2 is 1.77 bits per heavy atom. The van der Waals surface area contributed by atoms with E-state index in [1.165, 1.54) is 23.1 Å². The maximum absolute atomic E-state index is 12.5. The Kier molecular flexibility index (Phi) is 4.78. The van der Waals surface area contributed by atoms with Gasteiger partial charge in [0.2, 0.25) is 11.8 Å². The van der Waals surface area contributed by atoms with Crippen molar-refractivity contribution in [2.45, 2.75) is 30.9 Å². The predicted octanol–water partition coefficient (Wildman–Crippen LogP) is 2.82. The van der Waals surface area contributed by atoms with Gasteiger partial charge in [-0.3, -0.25) is 9.59 Å². The molecular weight excluding hydrogens is 316 g/mol. The van der Waals surface area contributed by atoms with Crippen molar-refractivity contribution in [3.8, 4) is 0 Å². The van der Waals surface area contributed by atoms with E-state index >= 15 is 0 Å². The first-order valence-corrected chi connectivity index (χ1v) is 8.83. The van der Waals surface area contributed by atoms with Crippen LogP contribution in [0.3, 0.4) is 0 Å². The number of carbonyl (C=O) groups is 2. The van der Waals surface area contributed by atoms with Gasteiger partial charge in [0.05, 0.1) is 5.69 Å². The summed E-state index contributed by atoms with van der Waals surface area (Å²) >= 11 is 6.83. The first kappa shape index (κ1) is 15.5. The molecule has 2 saturated heterocycles. The van der Waals surface area contributed by atoms with Crippen LogP contribution in [0.15, 0.2) is 30.3 Å². The van der Waals surface area contributed by atoms with E-state index in [9.17, 15) is 9.59 Å². The summed E-state index contributed by atoms with van der Waals surface area (Å²) in [5.41, 5.74) is 0.643. The quantitative estimate of drug-likeness (QED) is 0.614. The molecule has 4 nitrogen and oxygen atoms in total. The molecule has 6 heteroatoms. The lowest BCUT2D eigenvalue weighted by molar-refractivity contribution is -0.121. The van der Waals surface area contributed by atoms with Crippen LogP contribution in [0.1, 0.15) is 25.7 Å². The Labute approximate surface area is 139 Å². The van der Waals surface area contributed by atoms with Crippen molar-refractivity contribution in [2.24, 2.45) is 0 Å². The maximum Gasteiger partial charge on any atom is 0.247 e. The van der Waals surface area contributed by atoms with Crippen LogP contribution < -0.4 is 4.90 Å². The highest BCUT2D eigenvalue weighted by Crippen LogP contribution is 2.31. The normalized spacial score (nSPS) is 22.3. The molecule has 0 N–H and O–H groups in total. The Morgan fingerprint density at radius 1 is 1.09 bits per heavy atom. The van der Waals surface area contributed by atoms with E-state index in [2.05, 4.69) is 4.90 Å². The summed E-state index contributed by atoms with van der Waals surface area (Å²) < 4.78 is 0.751. The van der Waals surface area contributed by atoms with Crippen LogP contribution in [-0.4, -0.2) is 39.4 Å². The minimum Gasteiger partial charge on any atom is -0.358 e. The lowest BCUT2D eigenvalue weighted by Crippen LogP contribution is -2.35. The number of rotatable bonds is 2. The molecule has 1 unspecified atom stereocenters. The molecule has 2 heterocycles. The van der Waals surface area contributed by atoms with Crippen LogP contribution in [0.4, 0.5) is 5.69 Å². The number of para-hydroxylation sites is 1. The molecule has 1 atom stereocenters. The number of benzene rings is 1. The number of hydrogen-bond donors (Lipinski definition) is 0. The first-order chi connectivity index (χ1) is 10.7. The lowest BCUT2D eigenvalue weighted by atomic mass is 10.1. The van der Waals surface area contributed by atoms with Crippen LogP contribution in [0, 0.1) is 0 Å². The van der Waals surface area contributed by atoms with Gasteiger partial charge >= 0.3 is 0 Å². The van der Waals surface area contributed by atoms with Crippen molar-refractivity contribution in [1.82, 2.24) is 4.90 Å². The van der Waals surface area contributed by atoms with Crippen LogP contribution >= 0.6 is 24.0 Å². The lowest BCUT2D eigenvalue weighted by Gasteiger charge is -2.29. The molecule has 2 aliphatic heterocycles. The highest BCUT2D eigenvalue weighted by Gasteiger charge is 2.41. The van der Waals surface area contributed by atoms with Gasteiger partial charge in [0.1, 0.15) is 9.57 Å². The molecule has 0 bridgehead atoms. The Bertz CT molecular complexity index is 585. The number of imide groups is 1. The minimum atomic E-state index is -0.387. The second-order valence-corrected chi connectivity index (χ2v) is 7.36. The molecule has 0 radical (unpaired) electrons. The molecule has 116 valence electrons. The second kappa shape index (κ2) is 6.79. The van der Waals surface area contributed by atoms with Crippen LogP contribution in [-0.2, 0) is 9.59 Å². The monoisotopic (exact) mass is 334 g/mol. The third kappa shape index (κ3) is 3.17. The molecule has 3 rings (SSSR count). The van der Waals surface area contributed by atoms with Gasteiger partial charge in [-0.15, -0.1) is 0 Å². The summed E-state index contributed by atoms with van der Waals surface area (Å²) in [7, 11) is 0. The van der Waals surface area contributed by atoms with Crippen molar-refractivity contribution in [2.75, 3.05) is 18.0 Å². The SMILES string of the molecule is O=C1CC(SC(=S)N2CCCCC2)C(=O)N1c1ccccc1. The van der Waals surface area contributed by atoms with E-state index in [1.54, 1.807) is 12.1 Å². The summed E-state index contributed by atoms with van der Waals surface area (Å²) in [5, 5.41) is -0.387. The topological polar surface area (TPSA) is 40.6 Å². The molecule has 0 aliphatic carbocycles. The number of piperidine rings is 1. The van der Waals surface area contributed by atoms with Crippen molar-refractivity contribution in [3.05, 3.63) is 30.3 Å². The number of thioether (sulfide) groups is 1. The maximum atomic E-state index is 12.5. The number of nitrogens with zero attached hydrogens (tertiary/aromatic N) is 2. The van der Waals surface area contributed by atoms with Gasteiger partial charge in [0.25, 0.3) is 0 Å². The third-order valence-electron chi connectivity index (χ3n) is 3.98. The summed E-state index contributed by atoms with van der Waals surface area (Å²) in [5.74, 6) is -0.296. The van der Waals surface area contributed by atoms with Gasteiger partial charge in [-0.05, 0) is 31.4 Å². The van der Waals surface area contributed by atoms with E-state index < -0.39 is 0 Å². The van der Waals surface area contributed by atoms with Gasteiger partial charge in [0, 0.05) is 19.5 Å². The number of hydrogen-bond acceptors (Lipinski definition) is 4. The molecule has 2 aliphatic rings. The number of anilines is 1. The molecule has 0 saturated carbocycles. The zero-order valence-electron chi connectivity index (χ0n) is 12.2. The fourth-order valence-electron chi connectivity index (χ4n) is 2.82. The third-order valence-corrected chi connectivity index (χ3v) is 5.64. The van der Waals surface area contributed by atoms with Gasteiger partial charge < -0.3 is 4.90 Å². The van der Waals surface area contributed by atoms with Gasteiger partial charge in [-0.25, -0.2) is 4.90 Å². The van der Waals surface area contributed by atoms with Crippen molar-refractivity contribution in [3.63, 3.8) is 0 Å². The largest absolute Gasteiger partial charge is 0.358 e. The molecule has 2 fully saturated rings. The van der Waals surface area contributed by atoms with Crippen molar-refractivity contribution in [1.29, 1.82) is 0 Å². The van der Waals surface area contributed by atoms with Gasteiger partial charge in [-0.2, -0.15) is 0 Å². The van der Waals surface area contributed by atoms with Gasteiger partial charge in [-0.1, -0.05) is 42.2 Å². The number of likely N-dealkylation sites (tertiary alicyclic amines) is 1. The number of carbonyl (C=O) groups excluding carboxylic acids is 2. The molecule has 0 aromatic heterocycles. The number of amides is 2. The summed E-state index contributed by atoms with van der Waals surface area (Å²) in [6, 6.07) is 9.09. The fraction of sp³-hybridized carbons (Fsp3) is 0.438. The smallest absolute Gasteiger partial charge is 0.247 e. The average molecular weight is 334 g/mol. The van der Waals surface area contributed by atoms with E-state index in [1.807, 2.05) is 18.2 Å². The molecule has 2 amide bonds. The molecule has 1 aromatic carbocycles. The summed E-state index contributed by atoms with van der Waals surface area (Å²) in [6.07, 6.45) is 3.77. The van der Waals surface area contributed by atoms with Crippen LogP contribution in [0.25, 0.3) is 0 Å². The Hall–Kier alpha value is -1.40. The molecule has 1 aromatic rings.